The Bertz CT molecular complexity index is 431. The second kappa shape index (κ2) is 5.83. The van der Waals surface area contributed by atoms with E-state index < -0.39 is 10.9 Å². The van der Waals surface area contributed by atoms with Gasteiger partial charge in [0.05, 0.1) is 11.5 Å². The summed E-state index contributed by atoms with van der Waals surface area (Å²) in [6.07, 6.45) is 0. The predicted octanol–water partition coefficient (Wildman–Crippen LogP) is 1.88. The van der Waals surface area contributed by atoms with Gasteiger partial charge in [0, 0.05) is 17.3 Å². The molecular weight excluding hydrogens is 224 g/mol. The van der Waals surface area contributed by atoms with Gasteiger partial charge in [-0.3, -0.25) is 14.9 Å². The lowest BCUT2D eigenvalue weighted by Gasteiger charge is -2.08. The van der Waals surface area contributed by atoms with Crippen molar-refractivity contribution >= 4 is 17.3 Å². The molecule has 6 heteroatoms. The van der Waals surface area contributed by atoms with E-state index in [-0.39, 0.29) is 12.2 Å². The highest BCUT2D eigenvalue weighted by Crippen LogP contribution is 2.24. The highest BCUT2D eigenvalue weighted by molar-refractivity contribution is 5.76. The number of hydrogen-bond donors (Lipinski definition) is 1. The fourth-order valence-electron chi connectivity index (χ4n) is 1.39. The summed E-state index contributed by atoms with van der Waals surface area (Å²) in [7, 11) is 0. The number of hydrogen-bond acceptors (Lipinski definition) is 5. The minimum atomic E-state index is -0.453. The van der Waals surface area contributed by atoms with Crippen molar-refractivity contribution in [3.8, 4) is 0 Å². The molecule has 0 saturated heterocycles. The molecule has 0 amide bonds. The molecule has 0 aromatic heterocycles. The third kappa shape index (κ3) is 3.44. The average molecular weight is 238 g/mol. The molecule has 6 nitrogen and oxygen atoms in total. The molecule has 1 N–H and O–H groups in total. The molecule has 0 atom stereocenters. The van der Waals surface area contributed by atoms with E-state index >= 15 is 0 Å². The molecule has 0 aliphatic heterocycles. The second-order valence-electron chi connectivity index (χ2n) is 3.37. The van der Waals surface area contributed by atoms with Gasteiger partial charge < -0.3 is 10.1 Å². The van der Waals surface area contributed by atoms with Crippen LogP contribution in [0.4, 0.5) is 11.4 Å². The highest BCUT2D eigenvalue weighted by atomic mass is 16.6. The minimum Gasteiger partial charge on any atom is -0.465 e. The molecule has 0 fully saturated rings. The standard InChI is InChI=1S/C11H14N2O4/c1-3-17-11(14)7-12-9-5-4-6-10(8(9)2)13(15)16/h4-6,12H,3,7H2,1-2H3. The largest absolute Gasteiger partial charge is 0.465 e. The Kier molecular flexibility index (Phi) is 4.45. The maximum absolute atomic E-state index is 11.1. The Morgan fingerprint density at radius 2 is 2.24 bits per heavy atom. The first kappa shape index (κ1) is 13.0. The number of carbonyl (C=O) groups is 1. The molecule has 0 saturated carbocycles. The third-order valence-corrected chi connectivity index (χ3v) is 2.23. The SMILES string of the molecule is CCOC(=O)CNc1cccc([N+](=O)[O-])c1C. The molecule has 17 heavy (non-hydrogen) atoms. The quantitative estimate of drug-likeness (QED) is 0.481. The van der Waals surface area contributed by atoms with Gasteiger partial charge in [-0.2, -0.15) is 0 Å². The number of carbonyl (C=O) groups excluding carboxylic acids is 1. The van der Waals surface area contributed by atoms with Crippen molar-refractivity contribution in [3.05, 3.63) is 33.9 Å². The van der Waals surface area contributed by atoms with E-state index in [1.54, 1.807) is 26.0 Å². The summed E-state index contributed by atoms with van der Waals surface area (Å²) in [4.78, 5) is 21.4. The lowest BCUT2D eigenvalue weighted by molar-refractivity contribution is -0.385. The summed E-state index contributed by atoms with van der Waals surface area (Å²) in [6.45, 7) is 3.66. The van der Waals surface area contributed by atoms with Crippen LogP contribution in [-0.2, 0) is 9.53 Å². The fourth-order valence-corrected chi connectivity index (χ4v) is 1.39. The van der Waals surface area contributed by atoms with Gasteiger partial charge in [-0.1, -0.05) is 6.07 Å². The number of benzene rings is 1. The van der Waals surface area contributed by atoms with E-state index in [9.17, 15) is 14.9 Å². The summed E-state index contributed by atoms with van der Waals surface area (Å²) < 4.78 is 4.75. The first-order valence-corrected chi connectivity index (χ1v) is 5.19. The molecule has 1 aromatic carbocycles. The van der Waals surface area contributed by atoms with Crippen LogP contribution in [0.5, 0.6) is 0 Å². The first-order valence-electron chi connectivity index (χ1n) is 5.19. The van der Waals surface area contributed by atoms with Crippen LogP contribution in [-0.4, -0.2) is 24.0 Å². The normalized spacial score (nSPS) is 9.76. The molecule has 0 heterocycles. The summed E-state index contributed by atoms with van der Waals surface area (Å²) in [5, 5.41) is 13.5. The number of nitro groups is 1. The van der Waals surface area contributed by atoms with Crippen LogP contribution in [0, 0.1) is 17.0 Å². The van der Waals surface area contributed by atoms with Gasteiger partial charge in [0.1, 0.15) is 6.54 Å². The summed E-state index contributed by atoms with van der Waals surface area (Å²) >= 11 is 0. The Hall–Kier alpha value is -2.11. The van der Waals surface area contributed by atoms with Gasteiger partial charge in [0.15, 0.2) is 0 Å². The van der Waals surface area contributed by atoms with Crippen LogP contribution in [0.1, 0.15) is 12.5 Å². The van der Waals surface area contributed by atoms with Crippen LogP contribution in [0.25, 0.3) is 0 Å². The smallest absolute Gasteiger partial charge is 0.325 e. The minimum absolute atomic E-state index is 0.00412. The summed E-state index contributed by atoms with van der Waals surface area (Å²) in [6, 6.07) is 4.67. The van der Waals surface area contributed by atoms with E-state index in [1.807, 2.05) is 0 Å². The maximum Gasteiger partial charge on any atom is 0.325 e. The van der Waals surface area contributed by atoms with Crippen molar-refractivity contribution in [2.75, 3.05) is 18.5 Å². The predicted molar refractivity (Wildman–Crippen MR) is 63.0 cm³/mol. The Labute approximate surface area is 98.7 Å². The molecule has 0 radical (unpaired) electrons. The van der Waals surface area contributed by atoms with Gasteiger partial charge in [-0.15, -0.1) is 0 Å². The van der Waals surface area contributed by atoms with Gasteiger partial charge in [-0.05, 0) is 19.9 Å². The number of nitro benzene ring substituents is 1. The molecule has 92 valence electrons. The molecular formula is C11H14N2O4. The van der Waals surface area contributed by atoms with Crippen molar-refractivity contribution in [2.24, 2.45) is 0 Å². The Balaban J connectivity index is 2.75. The Morgan fingerprint density at radius 3 is 2.82 bits per heavy atom. The summed E-state index contributed by atoms with van der Waals surface area (Å²) in [5.74, 6) is -0.390. The number of nitrogens with zero attached hydrogens (tertiary/aromatic N) is 1. The molecule has 1 aromatic rings. The first-order chi connectivity index (χ1) is 8.06. The van der Waals surface area contributed by atoms with Crippen molar-refractivity contribution < 1.29 is 14.5 Å². The zero-order valence-corrected chi connectivity index (χ0v) is 9.73. The average Bonchev–Trinajstić information content (AvgIpc) is 2.27. The topological polar surface area (TPSA) is 81.5 Å². The van der Waals surface area contributed by atoms with Crippen molar-refractivity contribution in [3.63, 3.8) is 0 Å². The van der Waals surface area contributed by atoms with Crippen LogP contribution in [0.2, 0.25) is 0 Å². The van der Waals surface area contributed by atoms with E-state index in [0.29, 0.717) is 17.9 Å². The van der Waals surface area contributed by atoms with E-state index in [0.717, 1.165) is 0 Å². The molecule has 0 bridgehead atoms. The second-order valence-corrected chi connectivity index (χ2v) is 3.37. The maximum atomic E-state index is 11.1. The molecule has 0 spiro atoms. The zero-order chi connectivity index (χ0) is 12.8. The van der Waals surface area contributed by atoms with Crippen LogP contribution in [0.15, 0.2) is 18.2 Å². The number of rotatable bonds is 5. The van der Waals surface area contributed by atoms with E-state index in [2.05, 4.69) is 5.32 Å². The van der Waals surface area contributed by atoms with Crippen molar-refractivity contribution in [2.45, 2.75) is 13.8 Å². The van der Waals surface area contributed by atoms with Crippen LogP contribution < -0.4 is 5.32 Å². The monoisotopic (exact) mass is 238 g/mol. The third-order valence-electron chi connectivity index (χ3n) is 2.23. The van der Waals surface area contributed by atoms with Crippen molar-refractivity contribution in [1.82, 2.24) is 0 Å². The van der Waals surface area contributed by atoms with Gasteiger partial charge >= 0.3 is 5.97 Å². The molecule has 0 aliphatic rings. The molecule has 0 unspecified atom stereocenters. The van der Waals surface area contributed by atoms with Crippen LogP contribution >= 0.6 is 0 Å². The van der Waals surface area contributed by atoms with Gasteiger partial charge in [0.25, 0.3) is 5.69 Å². The fraction of sp³-hybridized carbons (Fsp3) is 0.364. The number of anilines is 1. The Morgan fingerprint density at radius 1 is 1.53 bits per heavy atom. The zero-order valence-electron chi connectivity index (χ0n) is 9.73. The van der Waals surface area contributed by atoms with E-state index in [1.165, 1.54) is 6.07 Å². The van der Waals surface area contributed by atoms with Gasteiger partial charge in [0.2, 0.25) is 0 Å². The molecule has 0 aliphatic carbocycles. The summed E-state index contributed by atoms with van der Waals surface area (Å²) in [5.41, 5.74) is 1.09. The van der Waals surface area contributed by atoms with Crippen molar-refractivity contribution in [1.29, 1.82) is 0 Å². The highest BCUT2D eigenvalue weighted by Gasteiger charge is 2.13. The van der Waals surface area contributed by atoms with Gasteiger partial charge in [-0.25, -0.2) is 0 Å². The number of esters is 1. The number of ether oxygens (including phenoxy) is 1. The van der Waals surface area contributed by atoms with E-state index in [4.69, 9.17) is 4.74 Å². The van der Waals surface area contributed by atoms with Crippen LogP contribution in [0.3, 0.4) is 0 Å². The molecule has 1 rings (SSSR count). The lowest BCUT2D eigenvalue weighted by Crippen LogP contribution is -2.17. The lowest BCUT2D eigenvalue weighted by atomic mass is 10.1. The number of nitrogens with one attached hydrogen (secondary N) is 1.